The molecule has 0 aliphatic heterocycles. The van der Waals surface area contributed by atoms with Gasteiger partial charge >= 0.3 is 5.15 Å². The summed E-state index contributed by atoms with van der Waals surface area (Å²) in [6.45, 7) is 1.87. The van der Waals surface area contributed by atoms with Crippen molar-refractivity contribution in [2.75, 3.05) is 0 Å². The highest BCUT2D eigenvalue weighted by atomic mass is 79.9. The summed E-state index contributed by atoms with van der Waals surface area (Å²) in [5, 5.41) is 9.28. The molecular formula is C6H6BrClNO+. The minimum atomic E-state index is 0.289. The molecule has 1 rings (SSSR count). The van der Waals surface area contributed by atoms with E-state index < -0.39 is 0 Å². The predicted octanol–water partition coefficient (Wildman–Crippen LogP) is 1.94. The minimum absolute atomic E-state index is 0.289. The second-order valence-electron chi connectivity index (χ2n) is 1.97. The summed E-state index contributed by atoms with van der Waals surface area (Å²) in [6.07, 6.45) is 1.53. The number of pyridine rings is 1. The van der Waals surface area contributed by atoms with Gasteiger partial charge in [0.25, 0.3) is 0 Å². The number of halogens is 2. The summed E-state index contributed by atoms with van der Waals surface area (Å²) in [4.78, 5) is 0. The fourth-order valence-electron chi connectivity index (χ4n) is 0.591. The van der Waals surface area contributed by atoms with Gasteiger partial charge in [-0.25, -0.2) is 0 Å². The topological polar surface area (TPSA) is 24.1 Å². The van der Waals surface area contributed by atoms with E-state index in [2.05, 4.69) is 15.9 Å². The fourth-order valence-corrected chi connectivity index (χ4v) is 1.20. The summed E-state index contributed by atoms with van der Waals surface area (Å²) in [5.74, 6) is 0. The van der Waals surface area contributed by atoms with Crippen LogP contribution in [0.3, 0.4) is 0 Å². The van der Waals surface area contributed by atoms with Gasteiger partial charge in [-0.15, -0.1) is 0 Å². The number of aromatic nitrogens is 1. The third-order valence-corrected chi connectivity index (χ3v) is 2.29. The molecule has 0 aliphatic rings. The monoisotopic (exact) mass is 222 g/mol. The highest BCUT2D eigenvalue weighted by Crippen LogP contribution is 2.16. The molecule has 0 aliphatic carbocycles. The molecule has 1 aromatic heterocycles. The number of hydrogen-bond donors (Lipinski definition) is 1. The molecule has 0 saturated carbocycles. The van der Waals surface area contributed by atoms with E-state index in [0.717, 1.165) is 14.8 Å². The van der Waals surface area contributed by atoms with E-state index in [9.17, 15) is 0 Å². The number of nitrogens with zero attached hydrogens (tertiary/aromatic N) is 1. The van der Waals surface area contributed by atoms with E-state index in [-0.39, 0.29) is 5.15 Å². The summed E-state index contributed by atoms with van der Waals surface area (Å²) >= 11 is 8.84. The van der Waals surface area contributed by atoms with Crippen LogP contribution in [-0.2, 0) is 0 Å². The Morgan fingerprint density at radius 2 is 2.30 bits per heavy atom. The molecule has 54 valence electrons. The van der Waals surface area contributed by atoms with Crippen LogP contribution in [0.1, 0.15) is 5.56 Å². The van der Waals surface area contributed by atoms with Crippen LogP contribution in [0.4, 0.5) is 0 Å². The van der Waals surface area contributed by atoms with Crippen LogP contribution in [0.25, 0.3) is 0 Å². The molecule has 0 bridgehead atoms. The quantitative estimate of drug-likeness (QED) is 0.406. The molecule has 1 N–H and O–H groups in total. The standard InChI is InChI=1S/C6H6BrClNO/c1-4-3-9(10)6(8)2-5(4)7/h2-3,10H,1H3/q+1. The first kappa shape index (κ1) is 7.82. The van der Waals surface area contributed by atoms with Crippen LogP contribution in [0, 0.1) is 6.92 Å². The lowest BCUT2D eigenvalue weighted by Crippen LogP contribution is -2.31. The van der Waals surface area contributed by atoms with E-state index in [1.807, 2.05) is 6.92 Å². The van der Waals surface area contributed by atoms with E-state index >= 15 is 0 Å². The number of hydrogen-bond acceptors (Lipinski definition) is 1. The molecule has 0 atom stereocenters. The smallest absolute Gasteiger partial charge is 0.284 e. The van der Waals surface area contributed by atoms with Gasteiger partial charge in [-0.3, -0.25) is 5.21 Å². The first-order chi connectivity index (χ1) is 4.61. The third-order valence-electron chi connectivity index (χ3n) is 1.16. The number of aryl methyl sites for hydroxylation is 1. The van der Waals surface area contributed by atoms with Crippen LogP contribution >= 0.6 is 27.5 Å². The molecule has 1 heterocycles. The predicted molar refractivity (Wildman–Crippen MR) is 41.3 cm³/mol. The molecule has 0 saturated heterocycles. The Balaban J connectivity index is 3.28. The summed E-state index contributed by atoms with van der Waals surface area (Å²) < 4.78 is 1.77. The van der Waals surface area contributed by atoms with Gasteiger partial charge in [0.1, 0.15) is 0 Å². The van der Waals surface area contributed by atoms with E-state index in [1.165, 1.54) is 6.20 Å². The van der Waals surface area contributed by atoms with Gasteiger partial charge in [0, 0.05) is 20.8 Å². The van der Waals surface area contributed by atoms with Crippen LogP contribution in [0.2, 0.25) is 5.15 Å². The summed E-state index contributed by atoms with van der Waals surface area (Å²) in [5.41, 5.74) is 0.937. The maximum absolute atomic E-state index is 8.99. The average molecular weight is 223 g/mol. The maximum atomic E-state index is 8.99. The van der Waals surface area contributed by atoms with Gasteiger partial charge < -0.3 is 0 Å². The molecule has 0 radical (unpaired) electrons. The second kappa shape index (κ2) is 2.76. The van der Waals surface area contributed by atoms with Crippen molar-refractivity contribution >= 4 is 27.5 Å². The first-order valence-corrected chi connectivity index (χ1v) is 3.85. The van der Waals surface area contributed by atoms with Gasteiger partial charge in [0.2, 0.25) is 6.20 Å². The Morgan fingerprint density at radius 3 is 2.80 bits per heavy atom. The Bertz CT molecular complexity index is 214. The largest absolute Gasteiger partial charge is 0.326 e. The third kappa shape index (κ3) is 1.41. The highest BCUT2D eigenvalue weighted by Gasteiger charge is 2.09. The van der Waals surface area contributed by atoms with Crippen molar-refractivity contribution in [3.05, 3.63) is 27.5 Å². The van der Waals surface area contributed by atoms with E-state index in [0.29, 0.717) is 0 Å². The Hall–Kier alpha value is -0.280. The van der Waals surface area contributed by atoms with Gasteiger partial charge in [0.15, 0.2) is 0 Å². The van der Waals surface area contributed by atoms with Gasteiger partial charge in [-0.1, -0.05) is 15.9 Å². The zero-order valence-electron chi connectivity index (χ0n) is 5.31. The minimum Gasteiger partial charge on any atom is -0.284 e. The zero-order chi connectivity index (χ0) is 7.72. The molecule has 0 amide bonds. The van der Waals surface area contributed by atoms with Gasteiger partial charge in [-0.05, 0) is 18.5 Å². The molecule has 0 fully saturated rings. The fraction of sp³-hybridized carbons (Fsp3) is 0.167. The summed E-state index contributed by atoms with van der Waals surface area (Å²) in [7, 11) is 0. The van der Waals surface area contributed by atoms with Crippen molar-refractivity contribution in [1.29, 1.82) is 0 Å². The first-order valence-electron chi connectivity index (χ1n) is 2.68. The number of rotatable bonds is 0. The molecule has 2 nitrogen and oxygen atoms in total. The average Bonchev–Trinajstić information content (AvgIpc) is 1.84. The van der Waals surface area contributed by atoms with Crippen molar-refractivity contribution in [2.45, 2.75) is 6.92 Å². The van der Waals surface area contributed by atoms with Crippen molar-refractivity contribution < 1.29 is 9.94 Å². The second-order valence-corrected chi connectivity index (χ2v) is 3.21. The van der Waals surface area contributed by atoms with Gasteiger partial charge in [-0.2, -0.15) is 0 Å². The van der Waals surface area contributed by atoms with Crippen LogP contribution in [0.15, 0.2) is 16.7 Å². The van der Waals surface area contributed by atoms with E-state index in [4.69, 9.17) is 16.8 Å². The molecule has 1 aromatic rings. The maximum Gasteiger partial charge on any atom is 0.326 e. The lowest BCUT2D eigenvalue weighted by Gasteiger charge is -1.92. The van der Waals surface area contributed by atoms with Crippen LogP contribution in [-0.4, -0.2) is 5.21 Å². The van der Waals surface area contributed by atoms with Crippen molar-refractivity contribution in [2.24, 2.45) is 0 Å². The Morgan fingerprint density at radius 1 is 1.70 bits per heavy atom. The molecule has 0 aromatic carbocycles. The molecule has 0 spiro atoms. The molecule has 10 heavy (non-hydrogen) atoms. The van der Waals surface area contributed by atoms with Crippen molar-refractivity contribution in [3.8, 4) is 0 Å². The van der Waals surface area contributed by atoms with Crippen molar-refractivity contribution in [3.63, 3.8) is 0 Å². The molecular weight excluding hydrogens is 217 g/mol. The lowest BCUT2D eigenvalue weighted by molar-refractivity contribution is -0.903. The van der Waals surface area contributed by atoms with E-state index in [1.54, 1.807) is 6.07 Å². The zero-order valence-corrected chi connectivity index (χ0v) is 7.65. The van der Waals surface area contributed by atoms with Crippen LogP contribution in [0.5, 0.6) is 0 Å². The van der Waals surface area contributed by atoms with Gasteiger partial charge in [0.05, 0.1) is 0 Å². The Labute approximate surface area is 72.1 Å². The normalized spacial score (nSPS) is 9.90. The van der Waals surface area contributed by atoms with Crippen molar-refractivity contribution in [1.82, 2.24) is 0 Å². The summed E-state index contributed by atoms with van der Waals surface area (Å²) in [6, 6.07) is 1.64. The molecule has 0 unspecified atom stereocenters. The Kier molecular flexibility index (Phi) is 2.16. The SMILES string of the molecule is Cc1c[n+](O)c(Cl)cc1Br. The lowest BCUT2D eigenvalue weighted by atomic mass is 10.3. The molecule has 4 heteroatoms. The highest BCUT2D eigenvalue weighted by molar-refractivity contribution is 9.10. The van der Waals surface area contributed by atoms with Crippen LogP contribution < -0.4 is 4.73 Å².